The molecule has 0 radical (unpaired) electrons. The largest absolute Gasteiger partial charge is 0.361 e. The van der Waals surface area contributed by atoms with Gasteiger partial charge in [-0.15, -0.1) is 0 Å². The molecule has 1 aromatic heterocycles. The van der Waals surface area contributed by atoms with Gasteiger partial charge >= 0.3 is 0 Å². The molecule has 2 N–H and O–H groups in total. The highest BCUT2D eigenvalue weighted by Gasteiger charge is 2.13. The van der Waals surface area contributed by atoms with Gasteiger partial charge in [-0.25, -0.2) is 8.42 Å². The summed E-state index contributed by atoms with van der Waals surface area (Å²) in [5, 5.41) is 7.48. The molecule has 6 nitrogen and oxygen atoms in total. The smallest absolute Gasteiger partial charge is 0.229 e. The maximum Gasteiger partial charge on any atom is 0.229 e. The second kappa shape index (κ2) is 7.14. The summed E-state index contributed by atoms with van der Waals surface area (Å²) in [4.78, 5) is 0. The van der Waals surface area contributed by atoms with Crippen molar-refractivity contribution in [2.45, 2.75) is 39.8 Å². The zero-order valence-corrected chi connectivity index (χ0v) is 14.7. The van der Waals surface area contributed by atoms with Gasteiger partial charge in [0.1, 0.15) is 5.76 Å². The maximum atomic E-state index is 11.3. The number of benzene rings is 1. The highest BCUT2D eigenvalue weighted by atomic mass is 32.2. The second-order valence-electron chi connectivity index (χ2n) is 5.62. The first-order chi connectivity index (χ1) is 10.8. The van der Waals surface area contributed by atoms with Crippen molar-refractivity contribution in [2.24, 2.45) is 0 Å². The fraction of sp³-hybridized carbons (Fsp3) is 0.438. The Morgan fingerprint density at radius 2 is 2.09 bits per heavy atom. The topological polar surface area (TPSA) is 84.2 Å². The van der Waals surface area contributed by atoms with Gasteiger partial charge in [-0.2, -0.15) is 0 Å². The first-order valence-electron chi connectivity index (χ1n) is 7.55. The molecular formula is C16H23N3O3S. The Hall–Kier alpha value is -1.86. The first-order valence-corrected chi connectivity index (χ1v) is 9.44. The molecule has 0 spiro atoms. The van der Waals surface area contributed by atoms with Gasteiger partial charge in [0.15, 0.2) is 0 Å². The maximum absolute atomic E-state index is 11.3. The molecule has 2 rings (SSSR count). The van der Waals surface area contributed by atoms with Crippen molar-refractivity contribution in [2.75, 3.05) is 11.0 Å². The third-order valence-corrected chi connectivity index (χ3v) is 4.28. The Bertz CT molecular complexity index is 769. The summed E-state index contributed by atoms with van der Waals surface area (Å²) in [6.45, 7) is 6.65. The number of rotatable bonds is 7. The minimum absolute atomic E-state index is 0.0651. The molecule has 0 aliphatic rings. The highest BCUT2D eigenvalue weighted by Crippen LogP contribution is 2.20. The molecule has 1 atom stereocenters. The molecular weight excluding hydrogens is 314 g/mol. The van der Waals surface area contributed by atoms with E-state index in [0.29, 0.717) is 12.2 Å². The van der Waals surface area contributed by atoms with Crippen molar-refractivity contribution in [1.29, 1.82) is 0 Å². The summed E-state index contributed by atoms with van der Waals surface area (Å²) in [7, 11) is -3.27. The SMILES string of the molecule is CCc1noc(C)c1CN[C@H](C)c1cccc(NS(C)(=O)=O)c1. The second-order valence-corrected chi connectivity index (χ2v) is 7.37. The van der Waals surface area contributed by atoms with Crippen molar-refractivity contribution >= 4 is 15.7 Å². The van der Waals surface area contributed by atoms with E-state index in [9.17, 15) is 8.42 Å². The highest BCUT2D eigenvalue weighted by molar-refractivity contribution is 7.92. The standard InChI is InChI=1S/C16H23N3O3S/c1-5-16-15(12(3)22-18-16)10-17-11(2)13-7-6-8-14(9-13)19-23(4,20)21/h6-9,11,17,19H,5,10H2,1-4H3/t11-/m1/s1. The minimum Gasteiger partial charge on any atom is -0.361 e. The van der Waals surface area contributed by atoms with Crippen LogP contribution in [-0.2, 0) is 23.0 Å². The van der Waals surface area contributed by atoms with Crippen LogP contribution < -0.4 is 10.0 Å². The van der Waals surface area contributed by atoms with Crippen LogP contribution in [0.25, 0.3) is 0 Å². The van der Waals surface area contributed by atoms with Crippen LogP contribution in [0.5, 0.6) is 0 Å². The average Bonchev–Trinajstić information content (AvgIpc) is 2.83. The lowest BCUT2D eigenvalue weighted by Gasteiger charge is -2.15. The van der Waals surface area contributed by atoms with Crippen LogP contribution in [0, 0.1) is 6.92 Å². The normalized spacial score (nSPS) is 13.0. The van der Waals surface area contributed by atoms with Crippen LogP contribution in [0.2, 0.25) is 0 Å². The molecule has 0 bridgehead atoms. The first kappa shape index (κ1) is 17.5. The molecule has 0 aliphatic heterocycles. The predicted octanol–water partition coefficient (Wildman–Crippen LogP) is 2.77. The summed E-state index contributed by atoms with van der Waals surface area (Å²) in [6, 6.07) is 7.43. The lowest BCUT2D eigenvalue weighted by atomic mass is 10.1. The number of hydrogen-bond donors (Lipinski definition) is 2. The van der Waals surface area contributed by atoms with Gasteiger partial charge in [0, 0.05) is 23.8 Å². The van der Waals surface area contributed by atoms with Crippen molar-refractivity contribution < 1.29 is 12.9 Å². The summed E-state index contributed by atoms with van der Waals surface area (Å²) in [5.41, 5.74) is 3.62. The minimum atomic E-state index is -3.27. The molecule has 0 saturated carbocycles. The number of aryl methyl sites for hydroxylation is 2. The number of sulfonamides is 1. The van der Waals surface area contributed by atoms with E-state index in [-0.39, 0.29) is 6.04 Å². The molecule has 0 unspecified atom stereocenters. The van der Waals surface area contributed by atoms with E-state index in [0.717, 1.165) is 35.3 Å². The third kappa shape index (κ3) is 4.80. The Balaban J connectivity index is 2.07. The van der Waals surface area contributed by atoms with Crippen molar-refractivity contribution in [1.82, 2.24) is 10.5 Å². The summed E-state index contributed by atoms with van der Waals surface area (Å²) < 4.78 is 30.4. The lowest BCUT2D eigenvalue weighted by molar-refractivity contribution is 0.389. The van der Waals surface area contributed by atoms with Crippen LogP contribution in [-0.4, -0.2) is 19.8 Å². The Morgan fingerprint density at radius 3 is 2.74 bits per heavy atom. The summed E-state index contributed by atoms with van der Waals surface area (Å²) in [5.74, 6) is 0.828. The number of hydrogen-bond acceptors (Lipinski definition) is 5. The molecule has 126 valence electrons. The molecule has 0 saturated heterocycles. The summed E-state index contributed by atoms with van der Waals surface area (Å²) in [6.07, 6.45) is 1.97. The van der Waals surface area contributed by atoms with Crippen LogP contribution >= 0.6 is 0 Å². The van der Waals surface area contributed by atoms with E-state index in [1.807, 2.05) is 39.0 Å². The van der Waals surface area contributed by atoms with Gasteiger partial charge in [-0.3, -0.25) is 4.72 Å². The van der Waals surface area contributed by atoms with Gasteiger partial charge in [-0.1, -0.05) is 24.2 Å². The Labute approximate surface area is 137 Å². The number of aromatic nitrogens is 1. The van der Waals surface area contributed by atoms with Crippen molar-refractivity contribution in [3.05, 3.63) is 46.8 Å². The third-order valence-electron chi connectivity index (χ3n) is 3.68. The molecule has 1 heterocycles. The molecule has 0 aliphatic carbocycles. The molecule has 23 heavy (non-hydrogen) atoms. The predicted molar refractivity (Wildman–Crippen MR) is 90.8 cm³/mol. The van der Waals surface area contributed by atoms with E-state index < -0.39 is 10.0 Å². The molecule has 2 aromatic rings. The van der Waals surface area contributed by atoms with Gasteiger partial charge < -0.3 is 9.84 Å². The van der Waals surface area contributed by atoms with Crippen LogP contribution in [0.3, 0.4) is 0 Å². The number of nitrogens with zero attached hydrogens (tertiary/aromatic N) is 1. The van der Waals surface area contributed by atoms with E-state index >= 15 is 0 Å². The fourth-order valence-electron chi connectivity index (χ4n) is 2.40. The quantitative estimate of drug-likeness (QED) is 0.811. The molecule has 0 amide bonds. The molecule has 7 heteroatoms. The van der Waals surface area contributed by atoms with Crippen LogP contribution in [0.15, 0.2) is 28.8 Å². The van der Waals surface area contributed by atoms with Gasteiger partial charge in [-0.05, 0) is 38.0 Å². The van der Waals surface area contributed by atoms with E-state index in [1.54, 1.807) is 6.07 Å². The van der Waals surface area contributed by atoms with Crippen molar-refractivity contribution in [3.8, 4) is 0 Å². The summed E-state index contributed by atoms with van der Waals surface area (Å²) >= 11 is 0. The van der Waals surface area contributed by atoms with Crippen LogP contribution in [0.1, 0.15) is 42.5 Å². The Morgan fingerprint density at radius 1 is 1.35 bits per heavy atom. The zero-order chi connectivity index (χ0) is 17.0. The molecule has 1 aromatic carbocycles. The van der Waals surface area contributed by atoms with E-state index in [1.165, 1.54) is 0 Å². The fourth-order valence-corrected chi connectivity index (χ4v) is 2.96. The van der Waals surface area contributed by atoms with E-state index in [2.05, 4.69) is 15.2 Å². The van der Waals surface area contributed by atoms with Crippen molar-refractivity contribution in [3.63, 3.8) is 0 Å². The van der Waals surface area contributed by atoms with Crippen LogP contribution in [0.4, 0.5) is 5.69 Å². The van der Waals surface area contributed by atoms with Gasteiger partial charge in [0.05, 0.1) is 11.9 Å². The van der Waals surface area contributed by atoms with Gasteiger partial charge in [0.25, 0.3) is 0 Å². The number of nitrogens with one attached hydrogen (secondary N) is 2. The molecule has 0 fully saturated rings. The van der Waals surface area contributed by atoms with Gasteiger partial charge in [0.2, 0.25) is 10.0 Å². The van der Waals surface area contributed by atoms with E-state index in [4.69, 9.17) is 4.52 Å². The number of anilines is 1. The Kier molecular flexibility index (Phi) is 5.43. The lowest BCUT2D eigenvalue weighted by Crippen LogP contribution is -2.19. The zero-order valence-electron chi connectivity index (χ0n) is 13.9. The average molecular weight is 337 g/mol. The monoisotopic (exact) mass is 337 g/mol.